The van der Waals surface area contributed by atoms with Crippen LogP contribution in [-0.2, 0) is 19.6 Å². The van der Waals surface area contributed by atoms with Crippen LogP contribution >= 0.6 is 11.3 Å². The van der Waals surface area contributed by atoms with E-state index >= 15 is 0 Å². The van der Waals surface area contributed by atoms with Crippen molar-refractivity contribution in [2.24, 2.45) is 0 Å². The normalized spacial score (nSPS) is 10.9. The lowest BCUT2D eigenvalue weighted by molar-refractivity contribution is 0.608. The lowest BCUT2D eigenvalue weighted by atomic mass is 10.4. The van der Waals surface area contributed by atoms with Crippen LogP contribution in [-0.4, -0.2) is 29.7 Å². The zero-order valence-electron chi connectivity index (χ0n) is 11.6. The van der Waals surface area contributed by atoms with Gasteiger partial charge in [0.1, 0.15) is 12.2 Å². The molecule has 3 aromatic heterocycles. The van der Waals surface area contributed by atoms with Gasteiger partial charge in [0.15, 0.2) is 10.8 Å². The van der Waals surface area contributed by atoms with Crippen molar-refractivity contribution >= 4 is 11.3 Å². The summed E-state index contributed by atoms with van der Waals surface area (Å²) in [4.78, 5) is 12.9. The highest BCUT2D eigenvalue weighted by Gasteiger charge is 2.07. The molecule has 0 spiro atoms. The molecule has 1 N–H and O–H groups in total. The summed E-state index contributed by atoms with van der Waals surface area (Å²) in [6.07, 6.45) is 5.18. The molecular weight excluding hydrogens is 286 g/mol. The van der Waals surface area contributed by atoms with Gasteiger partial charge in [-0.15, -0.1) is 21.5 Å². The average molecular weight is 301 g/mol. The highest BCUT2D eigenvalue weighted by atomic mass is 32.1. The number of nitrogens with one attached hydrogen (secondary N) is 1. The molecule has 7 nitrogen and oxygen atoms in total. The van der Waals surface area contributed by atoms with E-state index in [9.17, 15) is 0 Å². The minimum atomic E-state index is 0.666. The Labute approximate surface area is 126 Å². The third kappa shape index (κ3) is 3.29. The predicted octanol–water partition coefficient (Wildman–Crippen LogP) is 1.50. The molecule has 0 saturated heterocycles. The van der Waals surface area contributed by atoms with Crippen molar-refractivity contribution in [3.05, 3.63) is 41.7 Å². The third-order valence-corrected chi connectivity index (χ3v) is 3.82. The molecule has 0 atom stereocenters. The van der Waals surface area contributed by atoms with Gasteiger partial charge in [-0.2, -0.15) is 0 Å². The standard InChI is InChI=1S/C13H15N7S/c1-2-20-9-17-19-11(20)7-14-6-10-8-21-13(18-10)12-15-4-3-5-16-12/h3-5,8-9,14H,2,6-7H2,1H3. The Hall–Kier alpha value is -2.19. The van der Waals surface area contributed by atoms with E-state index < -0.39 is 0 Å². The van der Waals surface area contributed by atoms with Crippen LogP contribution in [0.1, 0.15) is 18.4 Å². The number of aromatic nitrogens is 6. The number of nitrogens with zero attached hydrogens (tertiary/aromatic N) is 6. The predicted molar refractivity (Wildman–Crippen MR) is 79.4 cm³/mol. The SMILES string of the molecule is CCn1cnnc1CNCc1csc(-c2ncccn2)n1. The van der Waals surface area contributed by atoms with Gasteiger partial charge in [-0.1, -0.05) is 0 Å². The Bertz CT molecular complexity index is 691. The number of thiazole rings is 1. The van der Waals surface area contributed by atoms with Crippen LogP contribution in [0.3, 0.4) is 0 Å². The monoisotopic (exact) mass is 301 g/mol. The van der Waals surface area contributed by atoms with Crippen molar-refractivity contribution in [1.29, 1.82) is 0 Å². The van der Waals surface area contributed by atoms with Gasteiger partial charge in [-0.25, -0.2) is 15.0 Å². The number of rotatable bonds is 6. The molecule has 3 aromatic rings. The van der Waals surface area contributed by atoms with Gasteiger partial charge in [0.25, 0.3) is 0 Å². The van der Waals surface area contributed by atoms with Crippen molar-refractivity contribution in [3.8, 4) is 10.8 Å². The Morgan fingerprint density at radius 3 is 2.90 bits per heavy atom. The van der Waals surface area contributed by atoms with Gasteiger partial charge in [0, 0.05) is 30.9 Å². The lowest BCUT2D eigenvalue weighted by Gasteiger charge is -2.03. The molecule has 0 aliphatic heterocycles. The molecular formula is C13H15N7S. The Morgan fingerprint density at radius 1 is 1.24 bits per heavy atom. The maximum atomic E-state index is 4.53. The van der Waals surface area contributed by atoms with Crippen molar-refractivity contribution in [3.63, 3.8) is 0 Å². The zero-order chi connectivity index (χ0) is 14.5. The van der Waals surface area contributed by atoms with Crippen LogP contribution in [0.4, 0.5) is 0 Å². The minimum absolute atomic E-state index is 0.666. The fourth-order valence-electron chi connectivity index (χ4n) is 1.88. The molecule has 0 bridgehead atoms. The second-order valence-electron chi connectivity index (χ2n) is 4.35. The number of hydrogen-bond donors (Lipinski definition) is 1. The van der Waals surface area contributed by atoms with Gasteiger partial charge in [0.05, 0.1) is 12.2 Å². The maximum absolute atomic E-state index is 4.53. The molecule has 0 unspecified atom stereocenters. The number of aryl methyl sites for hydroxylation is 1. The summed E-state index contributed by atoms with van der Waals surface area (Å²) in [5, 5.41) is 14.2. The van der Waals surface area contributed by atoms with E-state index in [0.717, 1.165) is 23.1 Å². The Kier molecular flexibility index (Phi) is 4.27. The quantitative estimate of drug-likeness (QED) is 0.743. The van der Waals surface area contributed by atoms with Crippen LogP contribution in [0.25, 0.3) is 10.8 Å². The summed E-state index contributed by atoms with van der Waals surface area (Å²) in [7, 11) is 0. The third-order valence-electron chi connectivity index (χ3n) is 2.93. The van der Waals surface area contributed by atoms with Gasteiger partial charge in [-0.3, -0.25) is 0 Å². The van der Waals surface area contributed by atoms with Crippen LogP contribution in [0, 0.1) is 0 Å². The van der Waals surface area contributed by atoms with Crippen LogP contribution < -0.4 is 5.32 Å². The van der Waals surface area contributed by atoms with Gasteiger partial charge < -0.3 is 9.88 Å². The van der Waals surface area contributed by atoms with E-state index in [-0.39, 0.29) is 0 Å². The fourth-order valence-corrected chi connectivity index (χ4v) is 2.65. The maximum Gasteiger partial charge on any atom is 0.188 e. The van der Waals surface area contributed by atoms with Crippen LogP contribution in [0.5, 0.6) is 0 Å². The summed E-state index contributed by atoms with van der Waals surface area (Å²) >= 11 is 1.55. The molecule has 0 aliphatic rings. The molecule has 0 aromatic carbocycles. The zero-order valence-corrected chi connectivity index (χ0v) is 12.4. The first-order valence-electron chi connectivity index (χ1n) is 6.66. The van der Waals surface area contributed by atoms with E-state index in [1.54, 1.807) is 36.1 Å². The summed E-state index contributed by atoms with van der Waals surface area (Å²) in [6.45, 7) is 4.29. The molecule has 8 heteroatoms. The fraction of sp³-hybridized carbons (Fsp3) is 0.308. The Balaban J connectivity index is 1.58. The first kappa shape index (κ1) is 13.8. The van der Waals surface area contributed by atoms with Crippen molar-refractivity contribution in [2.45, 2.75) is 26.6 Å². The molecule has 108 valence electrons. The van der Waals surface area contributed by atoms with Crippen LogP contribution in [0.15, 0.2) is 30.2 Å². The highest BCUT2D eigenvalue weighted by Crippen LogP contribution is 2.19. The summed E-state index contributed by atoms with van der Waals surface area (Å²) in [6, 6.07) is 1.80. The van der Waals surface area contributed by atoms with E-state index in [4.69, 9.17) is 0 Å². The van der Waals surface area contributed by atoms with E-state index in [1.165, 1.54) is 0 Å². The van der Waals surface area contributed by atoms with Gasteiger partial charge in [-0.05, 0) is 13.0 Å². The van der Waals surface area contributed by atoms with Gasteiger partial charge in [0.2, 0.25) is 0 Å². The molecule has 0 fully saturated rings. The average Bonchev–Trinajstić information content (AvgIpc) is 3.17. The van der Waals surface area contributed by atoms with Crippen molar-refractivity contribution in [2.75, 3.05) is 0 Å². The molecule has 3 rings (SSSR count). The summed E-state index contributed by atoms with van der Waals surface area (Å²) in [5.41, 5.74) is 0.977. The smallest absolute Gasteiger partial charge is 0.188 e. The summed E-state index contributed by atoms with van der Waals surface area (Å²) < 4.78 is 2.01. The van der Waals surface area contributed by atoms with Crippen molar-refractivity contribution < 1.29 is 0 Å². The lowest BCUT2D eigenvalue weighted by Crippen LogP contribution is -2.16. The van der Waals surface area contributed by atoms with E-state index in [0.29, 0.717) is 18.9 Å². The molecule has 0 aliphatic carbocycles. The van der Waals surface area contributed by atoms with Gasteiger partial charge >= 0.3 is 0 Å². The first-order valence-corrected chi connectivity index (χ1v) is 7.54. The molecule has 0 amide bonds. The molecule has 3 heterocycles. The highest BCUT2D eigenvalue weighted by molar-refractivity contribution is 7.13. The topological polar surface area (TPSA) is 81.4 Å². The molecule has 0 saturated carbocycles. The van der Waals surface area contributed by atoms with E-state index in [2.05, 4.69) is 37.4 Å². The second-order valence-corrected chi connectivity index (χ2v) is 5.21. The largest absolute Gasteiger partial charge is 0.317 e. The Morgan fingerprint density at radius 2 is 2.10 bits per heavy atom. The molecule has 0 radical (unpaired) electrons. The second kappa shape index (κ2) is 6.51. The van der Waals surface area contributed by atoms with Crippen LogP contribution in [0.2, 0.25) is 0 Å². The number of hydrogen-bond acceptors (Lipinski definition) is 7. The molecule has 21 heavy (non-hydrogen) atoms. The van der Waals surface area contributed by atoms with Crippen molar-refractivity contribution in [1.82, 2.24) is 35.0 Å². The summed E-state index contributed by atoms with van der Waals surface area (Å²) in [5.74, 6) is 1.60. The first-order chi connectivity index (χ1) is 10.4. The van der Waals surface area contributed by atoms with E-state index in [1.807, 2.05) is 9.95 Å². The minimum Gasteiger partial charge on any atom is -0.317 e.